The molecule has 0 bridgehead atoms. The normalized spacial score (nSPS) is 15.3. The van der Waals surface area contributed by atoms with E-state index in [-0.39, 0.29) is 12.5 Å². The van der Waals surface area contributed by atoms with Crippen molar-refractivity contribution in [3.63, 3.8) is 0 Å². The van der Waals surface area contributed by atoms with Crippen molar-refractivity contribution in [2.45, 2.75) is 63.5 Å². The summed E-state index contributed by atoms with van der Waals surface area (Å²) in [7, 11) is 7.74. The third-order valence-electron chi connectivity index (χ3n) is 8.87. The van der Waals surface area contributed by atoms with Crippen LogP contribution in [0.2, 0.25) is 0 Å². The van der Waals surface area contributed by atoms with Gasteiger partial charge in [0.05, 0.1) is 41.5 Å². The summed E-state index contributed by atoms with van der Waals surface area (Å²) >= 11 is 0. The third-order valence-corrected chi connectivity index (χ3v) is 8.87. The molecule has 12 heteroatoms. The average molecular weight is 693 g/mol. The minimum Gasteiger partial charge on any atom is -0.493 e. The summed E-state index contributed by atoms with van der Waals surface area (Å²) in [6.07, 6.45) is 2.77. The summed E-state index contributed by atoms with van der Waals surface area (Å²) in [5.74, 6) is 1.12. The van der Waals surface area contributed by atoms with E-state index in [0.717, 1.165) is 18.4 Å². The lowest BCUT2D eigenvalue weighted by atomic mass is 9.91. The van der Waals surface area contributed by atoms with Crippen LogP contribution in [0.5, 0.6) is 34.5 Å². The minimum atomic E-state index is -0.773. The van der Waals surface area contributed by atoms with Gasteiger partial charge in [-0.3, -0.25) is 9.59 Å². The van der Waals surface area contributed by atoms with Gasteiger partial charge in [-0.15, -0.1) is 0 Å². The molecule has 1 heterocycles. The van der Waals surface area contributed by atoms with Crippen LogP contribution in [0.15, 0.2) is 54.6 Å². The largest absolute Gasteiger partial charge is 0.493 e. The zero-order valence-electron chi connectivity index (χ0n) is 29.7. The number of hydrogen-bond acceptors (Lipinski definition) is 10. The van der Waals surface area contributed by atoms with Gasteiger partial charge >= 0.3 is 5.97 Å². The van der Waals surface area contributed by atoms with Crippen LogP contribution in [0.25, 0.3) is 0 Å². The van der Waals surface area contributed by atoms with E-state index in [9.17, 15) is 14.4 Å². The van der Waals surface area contributed by atoms with E-state index in [1.54, 1.807) is 49.5 Å². The maximum absolute atomic E-state index is 14.3. The molecule has 3 aromatic rings. The number of benzene rings is 3. The molecule has 0 unspecified atom stereocenters. The van der Waals surface area contributed by atoms with Crippen LogP contribution >= 0.6 is 0 Å². The second kappa shape index (κ2) is 18.0. The lowest BCUT2D eigenvalue weighted by Gasteiger charge is -2.37. The Bertz CT molecular complexity index is 1600. The quantitative estimate of drug-likeness (QED) is 0.183. The standard InChI is InChI=1S/C38H48N2O10/c1-7-28(26-21-33(46-4)36(48-6)34(22-26)47-5)37(42)40-18-9-8-13-29(40)38(43)50-30(25-11-10-12-27(20-25)49-23-35(39)41)16-14-24-15-17-31(44-2)32(19-24)45-3/h10-12,15,17,19-22,28-30H,7-9,13-14,16,18,23H2,1-6H3,(H2,39,41)/t28-,29-,30+/m0/s1. The Morgan fingerprint density at radius 2 is 1.52 bits per heavy atom. The Labute approximate surface area is 293 Å². The fourth-order valence-electron chi connectivity index (χ4n) is 6.30. The summed E-state index contributed by atoms with van der Waals surface area (Å²) in [6, 6.07) is 15.5. The Kier molecular flexibility index (Phi) is 13.6. The van der Waals surface area contributed by atoms with Crippen molar-refractivity contribution in [1.82, 2.24) is 4.90 Å². The molecule has 270 valence electrons. The Balaban J connectivity index is 1.61. The number of methoxy groups -OCH3 is 5. The number of rotatable bonds is 17. The average Bonchev–Trinajstić information content (AvgIpc) is 3.15. The van der Waals surface area contributed by atoms with Crippen molar-refractivity contribution >= 4 is 17.8 Å². The zero-order chi connectivity index (χ0) is 36.2. The highest BCUT2D eigenvalue weighted by atomic mass is 16.5. The molecule has 0 saturated carbocycles. The van der Waals surface area contributed by atoms with E-state index >= 15 is 0 Å². The number of piperidine rings is 1. The Morgan fingerprint density at radius 1 is 0.820 bits per heavy atom. The van der Waals surface area contributed by atoms with Crippen LogP contribution in [0.1, 0.15) is 67.7 Å². The third kappa shape index (κ3) is 9.10. The first kappa shape index (κ1) is 37.7. The highest BCUT2D eigenvalue weighted by Gasteiger charge is 2.38. The molecule has 12 nitrogen and oxygen atoms in total. The maximum atomic E-state index is 14.3. The van der Waals surface area contributed by atoms with E-state index in [4.69, 9.17) is 38.9 Å². The number of aryl methyl sites for hydroxylation is 1. The van der Waals surface area contributed by atoms with Gasteiger partial charge in [-0.25, -0.2) is 4.79 Å². The number of nitrogens with two attached hydrogens (primary N) is 1. The van der Waals surface area contributed by atoms with Crippen molar-refractivity contribution in [3.8, 4) is 34.5 Å². The van der Waals surface area contributed by atoms with Gasteiger partial charge in [0.25, 0.3) is 5.91 Å². The SMILES string of the molecule is CC[C@H](C(=O)N1CCCC[C@H]1C(=O)O[C@H](CCc1ccc(OC)c(OC)c1)c1cccc(OCC(N)=O)c1)c1cc(OC)c(OC)c(OC)c1. The van der Waals surface area contributed by atoms with Crippen LogP contribution in [-0.4, -0.2) is 77.4 Å². The molecule has 0 spiro atoms. The summed E-state index contributed by atoms with van der Waals surface area (Å²) < 4.78 is 39.3. The highest BCUT2D eigenvalue weighted by molar-refractivity contribution is 5.89. The molecule has 50 heavy (non-hydrogen) atoms. The molecule has 3 aromatic carbocycles. The van der Waals surface area contributed by atoms with E-state index in [1.165, 1.54) is 21.3 Å². The van der Waals surface area contributed by atoms with Gasteiger partial charge in [-0.2, -0.15) is 0 Å². The molecule has 1 aliphatic heterocycles. The lowest BCUT2D eigenvalue weighted by Crippen LogP contribution is -2.50. The van der Waals surface area contributed by atoms with E-state index in [2.05, 4.69) is 0 Å². The Morgan fingerprint density at radius 3 is 2.14 bits per heavy atom. The predicted molar refractivity (Wildman–Crippen MR) is 186 cm³/mol. The number of likely N-dealkylation sites (tertiary alicyclic amines) is 1. The van der Waals surface area contributed by atoms with Crippen molar-refractivity contribution in [3.05, 3.63) is 71.3 Å². The highest BCUT2D eigenvalue weighted by Crippen LogP contribution is 2.41. The first-order chi connectivity index (χ1) is 24.2. The molecule has 1 aliphatic rings. The molecule has 1 fully saturated rings. The smallest absolute Gasteiger partial charge is 0.329 e. The molecular formula is C38H48N2O10. The number of hydrogen-bond donors (Lipinski definition) is 1. The predicted octanol–water partition coefficient (Wildman–Crippen LogP) is 5.39. The maximum Gasteiger partial charge on any atom is 0.329 e. The summed E-state index contributed by atoms with van der Waals surface area (Å²) in [5.41, 5.74) is 7.62. The first-order valence-corrected chi connectivity index (χ1v) is 16.7. The number of esters is 1. The lowest BCUT2D eigenvalue weighted by molar-refractivity contribution is -0.162. The molecule has 0 aromatic heterocycles. The van der Waals surface area contributed by atoms with Crippen LogP contribution in [0.4, 0.5) is 0 Å². The molecule has 4 rings (SSSR count). The minimum absolute atomic E-state index is 0.174. The van der Waals surface area contributed by atoms with Crippen LogP contribution in [-0.2, 0) is 25.5 Å². The molecule has 2 amide bonds. The van der Waals surface area contributed by atoms with Crippen molar-refractivity contribution in [1.29, 1.82) is 0 Å². The number of amides is 2. The van der Waals surface area contributed by atoms with E-state index in [1.807, 2.05) is 31.2 Å². The van der Waals surface area contributed by atoms with E-state index in [0.29, 0.717) is 77.9 Å². The molecule has 2 N–H and O–H groups in total. The molecule has 0 radical (unpaired) electrons. The number of primary amides is 1. The van der Waals surface area contributed by atoms with Gasteiger partial charge < -0.3 is 43.8 Å². The summed E-state index contributed by atoms with van der Waals surface area (Å²) in [5, 5.41) is 0. The van der Waals surface area contributed by atoms with Crippen LogP contribution < -0.4 is 34.2 Å². The zero-order valence-corrected chi connectivity index (χ0v) is 29.7. The van der Waals surface area contributed by atoms with Gasteiger partial charge in [0, 0.05) is 6.54 Å². The van der Waals surface area contributed by atoms with E-state index < -0.39 is 29.9 Å². The van der Waals surface area contributed by atoms with Crippen molar-refractivity contribution in [2.75, 3.05) is 48.7 Å². The number of carbonyl (C=O) groups excluding carboxylic acids is 3. The van der Waals surface area contributed by atoms with Crippen LogP contribution in [0.3, 0.4) is 0 Å². The number of carbonyl (C=O) groups is 3. The fourth-order valence-corrected chi connectivity index (χ4v) is 6.30. The molecule has 1 saturated heterocycles. The van der Waals surface area contributed by atoms with Gasteiger partial charge in [0.15, 0.2) is 29.6 Å². The van der Waals surface area contributed by atoms with Gasteiger partial charge in [0.1, 0.15) is 17.9 Å². The first-order valence-electron chi connectivity index (χ1n) is 16.7. The number of ether oxygens (including phenoxy) is 7. The van der Waals surface area contributed by atoms with Gasteiger partial charge in [-0.1, -0.05) is 25.1 Å². The summed E-state index contributed by atoms with van der Waals surface area (Å²) in [4.78, 5) is 41.4. The molecule has 3 atom stereocenters. The van der Waals surface area contributed by atoms with Crippen molar-refractivity contribution in [2.24, 2.45) is 5.73 Å². The number of nitrogens with zero attached hydrogens (tertiary/aromatic N) is 1. The summed E-state index contributed by atoms with van der Waals surface area (Å²) in [6.45, 7) is 2.07. The van der Waals surface area contributed by atoms with Crippen LogP contribution in [0, 0.1) is 0 Å². The second-order valence-corrected chi connectivity index (χ2v) is 11.9. The van der Waals surface area contributed by atoms with Crippen molar-refractivity contribution < 1.29 is 47.5 Å². The second-order valence-electron chi connectivity index (χ2n) is 11.9. The molecule has 0 aliphatic carbocycles. The fraction of sp³-hybridized carbons (Fsp3) is 0.447. The van der Waals surface area contributed by atoms with Gasteiger partial charge in [0.2, 0.25) is 11.7 Å². The Hall–Kier alpha value is -5.13. The molecular weight excluding hydrogens is 644 g/mol. The topological polar surface area (TPSA) is 145 Å². The monoisotopic (exact) mass is 692 g/mol. The van der Waals surface area contributed by atoms with Gasteiger partial charge in [-0.05, 0) is 91.6 Å².